The molecule has 5 rings (SSSR count). The second-order valence-corrected chi connectivity index (χ2v) is 10.9. The summed E-state index contributed by atoms with van der Waals surface area (Å²) in [6, 6.07) is 0.481. The number of alkyl halides is 1. The van der Waals surface area contributed by atoms with Crippen LogP contribution in [-0.4, -0.2) is 47.9 Å². The van der Waals surface area contributed by atoms with Crippen LogP contribution in [0.1, 0.15) is 56.6 Å². The first-order chi connectivity index (χ1) is 16.1. The monoisotopic (exact) mass is 500 g/mol. The number of amides is 2. The average molecular weight is 501 g/mol. The van der Waals surface area contributed by atoms with Gasteiger partial charge >= 0.3 is 0 Å². The van der Waals surface area contributed by atoms with E-state index in [1.807, 2.05) is 0 Å². The zero-order chi connectivity index (χ0) is 24.3. The first-order valence-electron chi connectivity index (χ1n) is 11.8. The van der Waals surface area contributed by atoms with Gasteiger partial charge in [-0.1, -0.05) is 11.6 Å². The van der Waals surface area contributed by atoms with Gasteiger partial charge in [0.1, 0.15) is 17.3 Å². The van der Waals surface area contributed by atoms with Crippen LogP contribution >= 0.6 is 11.6 Å². The highest BCUT2D eigenvalue weighted by Gasteiger charge is 2.59. The quantitative estimate of drug-likeness (QED) is 0.523. The second-order valence-electron chi connectivity index (χ2n) is 10.5. The van der Waals surface area contributed by atoms with Crippen molar-refractivity contribution in [2.24, 2.45) is 17.3 Å². The topological polar surface area (TPSA) is 87.7 Å². The fourth-order valence-corrected chi connectivity index (χ4v) is 6.41. The molecule has 0 spiro atoms. The molecule has 1 aromatic carbocycles. The number of carbonyl (C=O) groups excluding carboxylic acids is 2. The maximum Gasteiger partial charge on any atom is 0.228 e. The molecule has 2 bridgehead atoms. The van der Waals surface area contributed by atoms with Crippen molar-refractivity contribution in [1.29, 1.82) is 0 Å². The second kappa shape index (κ2) is 8.68. The molecule has 1 heterocycles. The third-order valence-corrected chi connectivity index (χ3v) is 8.61. The van der Waals surface area contributed by atoms with Crippen molar-refractivity contribution in [3.05, 3.63) is 34.4 Å². The fraction of sp³-hybridized carbons (Fsp3) is 0.667. The summed E-state index contributed by atoms with van der Waals surface area (Å²) in [5.74, 6) is -3.44. The summed E-state index contributed by atoms with van der Waals surface area (Å²) in [5, 5.41) is 15.8. The zero-order valence-electron chi connectivity index (χ0n) is 18.6. The van der Waals surface area contributed by atoms with E-state index in [2.05, 4.69) is 10.6 Å². The van der Waals surface area contributed by atoms with Gasteiger partial charge in [0.2, 0.25) is 11.8 Å². The summed E-state index contributed by atoms with van der Waals surface area (Å²) in [6.07, 6.45) is 0.851. The summed E-state index contributed by atoms with van der Waals surface area (Å²) in [7, 11) is 0. The van der Waals surface area contributed by atoms with E-state index in [0.717, 1.165) is 12.1 Å². The van der Waals surface area contributed by atoms with Gasteiger partial charge in [0, 0.05) is 11.5 Å². The van der Waals surface area contributed by atoms with Crippen molar-refractivity contribution in [1.82, 2.24) is 10.6 Å². The Morgan fingerprint density at radius 2 is 1.79 bits per heavy atom. The van der Waals surface area contributed by atoms with Crippen LogP contribution in [-0.2, 0) is 14.3 Å². The molecular formula is C24H28ClF3N2O4. The number of ether oxygens (including phenoxy) is 1. The Hall–Kier alpha value is -1.84. The molecule has 1 aromatic rings. The average Bonchev–Trinajstić information content (AvgIpc) is 3.40. The zero-order valence-corrected chi connectivity index (χ0v) is 19.3. The fourth-order valence-electron chi connectivity index (χ4n) is 6.24. The molecule has 3 N–H and O–H groups in total. The van der Waals surface area contributed by atoms with Crippen LogP contribution < -0.4 is 10.6 Å². The van der Waals surface area contributed by atoms with E-state index >= 15 is 8.78 Å². The van der Waals surface area contributed by atoms with E-state index in [-0.39, 0.29) is 54.5 Å². The lowest BCUT2D eigenvalue weighted by atomic mass is 9.74. The van der Waals surface area contributed by atoms with Gasteiger partial charge in [-0.15, -0.1) is 0 Å². The van der Waals surface area contributed by atoms with Crippen LogP contribution in [0.4, 0.5) is 13.2 Å². The number of rotatable bonds is 6. The molecule has 1 saturated heterocycles. The first kappa shape index (κ1) is 23.9. The number of halogens is 4. The highest BCUT2D eigenvalue weighted by molar-refractivity contribution is 6.30. The third-order valence-electron chi connectivity index (χ3n) is 8.31. The first-order valence-corrected chi connectivity index (χ1v) is 12.2. The largest absolute Gasteiger partial charge is 0.391 e. The highest BCUT2D eigenvalue weighted by Crippen LogP contribution is 2.63. The maximum absolute atomic E-state index is 15.1. The van der Waals surface area contributed by atoms with Crippen molar-refractivity contribution in [3.63, 3.8) is 0 Å². The number of aliphatic hydroxyl groups is 1. The Morgan fingerprint density at radius 3 is 2.38 bits per heavy atom. The van der Waals surface area contributed by atoms with E-state index in [0.29, 0.717) is 26.1 Å². The highest BCUT2D eigenvalue weighted by atomic mass is 35.5. The number of carbonyl (C=O) groups is 2. The predicted octanol–water partition coefficient (Wildman–Crippen LogP) is 3.35. The van der Waals surface area contributed by atoms with Crippen molar-refractivity contribution >= 4 is 23.4 Å². The normalized spacial score (nSPS) is 35.7. The van der Waals surface area contributed by atoms with Gasteiger partial charge in [-0.3, -0.25) is 9.59 Å². The van der Waals surface area contributed by atoms with Gasteiger partial charge in [-0.25, -0.2) is 13.2 Å². The van der Waals surface area contributed by atoms with E-state index in [1.54, 1.807) is 0 Å². The van der Waals surface area contributed by atoms with Crippen LogP contribution in [0, 0.1) is 28.9 Å². The van der Waals surface area contributed by atoms with Crippen LogP contribution in [0.15, 0.2) is 12.1 Å². The molecule has 4 fully saturated rings. The van der Waals surface area contributed by atoms with Crippen molar-refractivity contribution in [2.45, 2.75) is 68.8 Å². The molecule has 6 nitrogen and oxygen atoms in total. The summed E-state index contributed by atoms with van der Waals surface area (Å²) >= 11 is 5.94. The molecule has 1 aliphatic heterocycles. The standard InChI is InChI=1S/C24H28ClF3N2O4/c25-14-1-2-15(26)18(19(14)27)20(23-3-5-24(28,11-23)6-4-23)30-21(32)12-7-16(17(31)8-12)29-22(33)13-9-34-10-13/h1-2,12-13,16-17,20,31H,3-11H2,(H,29,33)(H,30,32)/t12-,16+,17-,20-,23?,24?/m1/s1. The van der Waals surface area contributed by atoms with E-state index < -0.39 is 52.7 Å². The van der Waals surface area contributed by atoms with Gasteiger partial charge in [-0.2, -0.15) is 0 Å². The van der Waals surface area contributed by atoms with Crippen LogP contribution in [0.2, 0.25) is 5.02 Å². The Labute approximate surface area is 200 Å². The van der Waals surface area contributed by atoms with Crippen molar-refractivity contribution in [2.75, 3.05) is 13.2 Å². The molecule has 0 aromatic heterocycles. The summed E-state index contributed by atoms with van der Waals surface area (Å²) in [5.41, 5.74) is -2.55. The minimum Gasteiger partial charge on any atom is -0.391 e. The van der Waals surface area contributed by atoms with Gasteiger partial charge < -0.3 is 20.5 Å². The number of fused-ring (bicyclic) bond motifs is 2. The molecule has 2 amide bonds. The molecule has 3 saturated carbocycles. The number of aliphatic hydroxyl groups excluding tert-OH is 1. The van der Waals surface area contributed by atoms with Crippen LogP contribution in [0.25, 0.3) is 0 Å². The summed E-state index contributed by atoms with van der Waals surface area (Å²) in [6.45, 7) is 0.657. The lowest BCUT2D eigenvalue weighted by Gasteiger charge is -2.37. The van der Waals surface area contributed by atoms with Gasteiger partial charge in [0.25, 0.3) is 0 Å². The molecule has 0 radical (unpaired) electrons. The van der Waals surface area contributed by atoms with Crippen molar-refractivity contribution < 1.29 is 32.6 Å². The molecule has 10 heteroatoms. The summed E-state index contributed by atoms with van der Waals surface area (Å²) in [4.78, 5) is 25.5. The molecule has 186 valence electrons. The Morgan fingerprint density at radius 1 is 1.09 bits per heavy atom. The lowest BCUT2D eigenvalue weighted by molar-refractivity contribution is -0.140. The van der Waals surface area contributed by atoms with Crippen LogP contribution in [0.5, 0.6) is 0 Å². The van der Waals surface area contributed by atoms with E-state index in [1.165, 1.54) is 0 Å². The molecule has 4 atom stereocenters. The third kappa shape index (κ3) is 4.09. The number of hydrogen-bond acceptors (Lipinski definition) is 4. The SMILES string of the molecule is O=C(N[C@H]1C[C@@H](C(=O)N[C@H](c2c(F)ccc(Cl)c2F)C23CCC(F)(CC2)C3)C[C@H]1O)C1COC1. The van der Waals surface area contributed by atoms with Gasteiger partial charge in [0.15, 0.2) is 0 Å². The van der Waals surface area contributed by atoms with Crippen molar-refractivity contribution in [3.8, 4) is 0 Å². The van der Waals surface area contributed by atoms with Gasteiger partial charge in [0.05, 0.1) is 42.3 Å². The van der Waals surface area contributed by atoms with E-state index in [9.17, 15) is 19.1 Å². The molecule has 34 heavy (non-hydrogen) atoms. The lowest BCUT2D eigenvalue weighted by Crippen LogP contribution is -2.48. The molecular weight excluding hydrogens is 473 g/mol. The van der Waals surface area contributed by atoms with E-state index in [4.69, 9.17) is 16.3 Å². The molecule has 0 unspecified atom stereocenters. The Bertz CT molecular complexity index is 997. The Kier molecular flexibility index (Phi) is 6.09. The summed E-state index contributed by atoms with van der Waals surface area (Å²) < 4.78 is 50.0. The minimum absolute atomic E-state index is 0.102. The predicted molar refractivity (Wildman–Crippen MR) is 117 cm³/mol. The van der Waals surface area contributed by atoms with Crippen LogP contribution in [0.3, 0.4) is 0 Å². The Balaban J connectivity index is 1.37. The number of hydrogen-bond donors (Lipinski definition) is 3. The van der Waals surface area contributed by atoms with Gasteiger partial charge in [-0.05, 0) is 62.5 Å². The number of nitrogens with one attached hydrogen (secondary N) is 2. The molecule has 4 aliphatic rings. The smallest absolute Gasteiger partial charge is 0.228 e. The maximum atomic E-state index is 15.1. The molecule has 3 aliphatic carbocycles. The number of benzene rings is 1. The minimum atomic E-state index is -1.39.